The van der Waals surface area contributed by atoms with Gasteiger partial charge in [-0.15, -0.1) is 0 Å². The summed E-state index contributed by atoms with van der Waals surface area (Å²) in [5.74, 6) is -0.620. The first-order valence-electron chi connectivity index (χ1n) is 5.58. The van der Waals surface area contributed by atoms with E-state index in [4.69, 9.17) is 0 Å². The van der Waals surface area contributed by atoms with Crippen LogP contribution in [0.2, 0.25) is 0 Å². The Balaban J connectivity index is 2.35. The van der Waals surface area contributed by atoms with Crippen LogP contribution in [0.4, 0.5) is 18.9 Å². The van der Waals surface area contributed by atoms with E-state index < -0.39 is 25.3 Å². The Morgan fingerprint density at radius 1 is 1.26 bits per heavy atom. The van der Waals surface area contributed by atoms with Gasteiger partial charge in [0, 0.05) is 12.2 Å². The van der Waals surface area contributed by atoms with Gasteiger partial charge in [0.2, 0.25) is 5.91 Å². The Kier molecular flexibility index (Phi) is 5.78. The largest absolute Gasteiger partial charge is 0.411 e. The van der Waals surface area contributed by atoms with Crippen LogP contribution in [-0.2, 0) is 16.1 Å². The molecule has 0 aliphatic carbocycles. The lowest BCUT2D eigenvalue weighted by molar-refractivity contribution is -0.174. The summed E-state index contributed by atoms with van der Waals surface area (Å²) in [6.07, 6.45) is -4.42. The van der Waals surface area contributed by atoms with E-state index in [0.717, 1.165) is 5.56 Å². The zero-order chi connectivity index (χ0) is 14.3. The van der Waals surface area contributed by atoms with Crippen LogP contribution in [0, 0.1) is 0 Å². The molecule has 0 aliphatic rings. The second kappa shape index (κ2) is 7.10. The number of nitrogens with one attached hydrogen (secondary N) is 2. The second-order valence-electron chi connectivity index (χ2n) is 3.88. The predicted octanol–water partition coefficient (Wildman–Crippen LogP) is 1.92. The van der Waals surface area contributed by atoms with Crippen molar-refractivity contribution in [1.29, 1.82) is 0 Å². The van der Waals surface area contributed by atoms with E-state index in [2.05, 4.69) is 15.4 Å². The predicted molar refractivity (Wildman–Crippen MR) is 64.7 cm³/mol. The van der Waals surface area contributed by atoms with Crippen molar-refractivity contribution in [3.05, 3.63) is 29.8 Å². The molecule has 0 radical (unpaired) electrons. The highest BCUT2D eigenvalue weighted by molar-refractivity contribution is 5.91. The minimum absolute atomic E-state index is 0.514. The topological polar surface area (TPSA) is 50.4 Å². The smallest absolute Gasteiger partial charge is 0.362 e. The fourth-order valence-corrected chi connectivity index (χ4v) is 1.37. The van der Waals surface area contributed by atoms with Crippen molar-refractivity contribution in [1.82, 2.24) is 5.32 Å². The van der Waals surface area contributed by atoms with Crippen molar-refractivity contribution in [3.8, 4) is 0 Å². The molecule has 1 rings (SSSR count). The fourth-order valence-electron chi connectivity index (χ4n) is 1.37. The van der Waals surface area contributed by atoms with Gasteiger partial charge < -0.3 is 15.4 Å². The molecular formula is C12H15F3N2O2. The summed E-state index contributed by atoms with van der Waals surface area (Å²) in [6.45, 7) is -1.36. The van der Waals surface area contributed by atoms with Crippen molar-refractivity contribution in [2.45, 2.75) is 12.7 Å². The van der Waals surface area contributed by atoms with E-state index in [0.29, 0.717) is 12.2 Å². The summed E-state index contributed by atoms with van der Waals surface area (Å²) in [5, 5.41) is 5.42. The molecule has 1 aromatic carbocycles. The van der Waals surface area contributed by atoms with E-state index in [1.807, 2.05) is 19.2 Å². The van der Waals surface area contributed by atoms with Crippen LogP contribution in [0.15, 0.2) is 24.3 Å². The first-order chi connectivity index (χ1) is 8.90. The first kappa shape index (κ1) is 15.5. The summed E-state index contributed by atoms with van der Waals surface area (Å²) >= 11 is 0. The van der Waals surface area contributed by atoms with Gasteiger partial charge in [-0.3, -0.25) is 4.79 Å². The van der Waals surface area contributed by atoms with Crippen LogP contribution >= 0.6 is 0 Å². The number of rotatable bonds is 6. The van der Waals surface area contributed by atoms with Gasteiger partial charge in [-0.25, -0.2) is 0 Å². The number of anilines is 1. The molecule has 0 spiro atoms. The Hall–Kier alpha value is -1.60. The fraction of sp³-hybridized carbons (Fsp3) is 0.417. The van der Waals surface area contributed by atoms with Crippen LogP contribution in [-0.4, -0.2) is 32.3 Å². The van der Waals surface area contributed by atoms with Gasteiger partial charge in [0.25, 0.3) is 0 Å². The summed E-state index contributed by atoms with van der Waals surface area (Å²) in [5.41, 5.74) is 1.55. The van der Waals surface area contributed by atoms with E-state index in [1.165, 1.54) is 0 Å². The summed E-state index contributed by atoms with van der Waals surface area (Å²) < 4.78 is 39.6. The molecule has 1 amide bonds. The van der Waals surface area contributed by atoms with Crippen molar-refractivity contribution in [2.24, 2.45) is 0 Å². The summed E-state index contributed by atoms with van der Waals surface area (Å²) in [4.78, 5) is 11.3. The highest BCUT2D eigenvalue weighted by Gasteiger charge is 2.27. The standard InChI is InChI=1S/C12H15F3N2O2/c1-16-6-9-2-4-10(5-3-9)17-11(18)7-19-8-12(13,14)15/h2-5,16H,6-8H2,1H3,(H,17,18). The Bertz CT molecular complexity index is 404. The first-order valence-corrected chi connectivity index (χ1v) is 5.58. The minimum atomic E-state index is -4.42. The van der Waals surface area contributed by atoms with Crippen LogP contribution in [0.3, 0.4) is 0 Å². The average Bonchev–Trinajstić information content (AvgIpc) is 2.30. The normalized spacial score (nSPS) is 11.4. The maximum atomic E-state index is 11.8. The number of benzene rings is 1. The maximum Gasteiger partial charge on any atom is 0.411 e. The van der Waals surface area contributed by atoms with Gasteiger partial charge >= 0.3 is 6.18 Å². The van der Waals surface area contributed by atoms with Crippen molar-refractivity contribution in [2.75, 3.05) is 25.6 Å². The van der Waals surface area contributed by atoms with Crippen LogP contribution < -0.4 is 10.6 Å². The molecule has 1 aromatic rings. The molecule has 0 saturated heterocycles. The van der Waals surface area contributed by atoms with E-state index in [1.54, 1.807) is 12.1 Å². The second-order valence-corrected chi connectivity index (χ2v) is 3.88. The molecule has 0 unspecified atom stereocenters. The number of hydrogen-bond acceptors (Lipinski definition) is 3. The molecule has 19 heavy (non-hydrogen) atoms. The van der Waals surface area contributed by atoms with Gasteiger partial charge in [0.1, 0.15) is 13.2 Å². The molecule has 4 nitrogen and oxygen atoms in total. The number of carbonyl (C=O) groups excluding carboxylic acids is 1. The van der Waals surface area contributed by atoms with E-state index >= 15 is 0 Å². The SMILES string of the molecule is CNCc1ccc(NC(=O)COCC(F)(F)F)cc1. The molecule has 0 aliphatic heterocycles. The quantitative estimate of drug-likeness (QED) is 0.834. The zero-order valence-electron chi connectivity index (χ0n) is 10.4. The maximum absolute atomic E-state index is 11.8. The molecule has 0 aromatic heterocycles. The van der Waals surface area contributed by atoms with Crippen molar-refractivity contribution >= 4 is 11.6 Å². The lowest BCUT2D eigenvalue weighted by atomic mass is 10.2. The van der Waals surface area contributed by atoms with E-state index in [9.17, 15) is 18.0 Å². The Labute approximate surface area is 108 Å². The number of alkyl halides is 3. The van der Waals surface area contributed by atoms with Gasteiger partial charge in [-0.1, -0.05) is 12.1 Å². The molecule has 0 atom stereocenters. The molecule has 0 bridgehead atoms. The number of halogens is 3. The third-order valence-corrected chi connectivity index (χ3v) is 2.12. The van der Waals surface area contributed by atoms with Crippen molar-refractivity contribution < 1.29 is 22.7 Å². The highest BCUT2D eigenvalue weighted by Crippen LogP contribution is 2.14. The van der Waals surface area contributed by atoms with Crippen LogP contribution in [0.1, 0.15) is 5.56 Å². The van der Waals surface area contributed by atoms with Crippen LogP contribution in [0.5, 0.6) is 0 Å². The molecule has 0 heterocycles. The minimum Gasteiger partial charge on any atom is -0.362 e. The Morgan fingerprint density at radius 2 is 1.89 bits per heavy atom. The Morgan fingerprint density at radius 3 is 2.42 bits per heavy atom. The van der Waals surface area contributed by atoms with Gasteiger partial charge in [0.05, 0.1) is 0 Å². The van der Waals surface area contributed by atoms with Gasteiger partial charge in [-0.05, 0) is 24.7 Å². The summed E-state index contributed by atoms with van der Waals surface area (Å²) in [6, 6.07) is 6.97. The molecule has 0 fully saturated rings. The zero-order valence-corrected chi connectivity index (χ0v) is 10.4. The average molecular weight is 276 g/mol. The molecule has 2 N–H and O–H groups in total. The lowest BCUT2D eigenvalue weighted by Crippen LogP contribution is -2.23. The van der Waals surface area contributed by atoms with Gasteiger partial charge in [0.15, 0.2) is 0 Å². The molecule has 106 valence electrons. The molecule has 0 saturated carbocycles. The monoisotopic (exact) mass is 276 g/mol. The number of carbonyl (C=O) groups is 1. The van der Waals surface area contributed by atoms with E-state index in [-0.39, 0.29) is 0 Å². The molecule has 7 heteroatoms. The van der Waals surface area contributed by atoms with Crippen LogP contribution in [0.25, 0.3) is 0 Å². The third kappa shape index (κ3) is 6.78. The summed E-state index contributed by atoms with van der Waals surface area (Å²) in [7, 11) is 1.81. The molecular weight excluding hydrogens is 261 g/mol. The number of amides is 1. The highest BCUT2D eigenvalue weighted by atomic mass is 19.4. The van der Waals surface area contributed by atoms with Gasteiger partial charge in [-0.2, -0.15) is 13.2 Å². The number of ether oxygens (including phenoxy) is 1. The van der Waals surface area contributed by atoms with Crippen molar-refractivity contribution in [3.63, 3.8) is 0 Å². The number of hydrogen-bond donors (Lipinski definition) is 2. The lowest BCUT2D eigenvalue weighted by Gasteiger charge is -2.08. The third-order valence-electron chi connectivity index (χ3n) is 2.12.